The number of anilines is 3. The monoisotopic (exact) mass is 591 g/mol. The summed E-state index contributed by atoms with van der Waals surface area (Å²) in [6.07, 6.45) is 0. The lowest BCUT2D eigenvalue weighted by atomic mass is 10.0. The first-order valence-corrected chi connectivity index (χ1v) is 16.1. The molecular weight excluding hydrogens is 567 g/mol. The Balaban J connectivity index is 1.26. The molecule has 0 aliphatic carbocycles. The lowest BCUT2D eigenvalue weighted by Gasteiger charge is -2.26. The number of thiophene rings is 1. The first kappa shape index (κ1) is 24.8. The normalized spacial score (nSPS) is 12.0. The van der Waals surface area contributed by atoms with Gasteiger partial charge >= 0.3 is 0 Å². The number of nitrogens with zero attached hydrogens (tertiary/aromatic N) is 1. The largest absolute Gasteiger partial charge is 0.456 e. The van der Waals surface area contributed by atoms with Gasteiger partial charge in [0.2, 0.25) is 0 Å². The molecule has 0 spiro atoms. The van der Waals surface area contributed by atoms with Crippen LogP contribution in [0, 0.1) is 0 Å². The van der Waals surface area contributed by atoms with Crippen molar-refractivity contribution < 1.29 is 4.42 Å². The van der Waals surface area contributed by atoms with E-state index in [2.05, 4.69) is 157 Å². The van der Waals surface area contributed by atoms with Gasteiger partial charge < -0.3 is 9.32 Å². The molecule has 45 heavy (non-hydrogen) atoms. The number of hydrogen-bond acceptors (Lipinski definition) is 3. The molecular formula is C42H25NOS. The van der Waals surface area contributed by atoms with E-state index in [-0.39, 0.29) is 0 Å². The molecule has 2 aromatic heterocycles. The van der Waals surface area contributed by atoms with Gasteiger partial charge in [-0.1, -0.05) is 97.1 Å². The van der Waals surface area contributed by atoms with Crippen molar-refractivity contribution in [2.45, 2.75) is 0 Å². The molecule has 10 aromatic rings. The molecule has 0 unspecified atom stereocenters. The van der Waals surface area contributed by atoms with E-state index in [1.165, 1.54) is 52.5 Å². The quantitative estimate of drug-likeness (QED) is 0.203. The summed E-state index contributed by atoms with van der Waals surface area (Å²) in [5.41, 5.74) is 5.15. The summed E-state index contributed by atoms with van der Waals surface area (Å²) >= 11 is 1.88. The van der Waals surface area contributed by atoms with Crippen molar-refractivity contribution in [1.82, 2.24) is 0 Å². The fourth-order valence-corrected chi connectivity index (χ4v) is 8.30. The molecule has 0 N–H and O–H groups in total. The highest BCUT2D eigenvalue weighted by Crippen LogP contribution is 2.44. The second-order valence-corrected chi connectivity index (χ2v) is 12.8. The second kappa shape index (κ2) is 9.43. The van der Waals surface area contributed by atoms with E-state index in [0.717, 1.165) is 39.0 Å². The average Bonchev–Trinajstić information content (AvgIpc) is 3.67. The second-order valence-electron chi connectivity index (χ2n) is 11.8. The number of fused-ring (bicyclic) bond motifs is 11. The highest BCUT2D eigenvalue weighted by Gasteiger charge is 2.18. The van der Waals surface area contributed by atoms with Crippen LogP contribution in [0.5, 0.6) is 0 Å². The van der Waals surface area contributed by atoms with Gasteiger partial charge in [-0.05, 0) is 81.5 Å². The molecule has 8 aromatic carbocycles. The van der Waals surface area contributed by atoms with Gasteiger partial charge in [-0.15, -0.1) is 11.3 Å². The van der Waals surface area contributed by atoms with E-state index in [1.807, 2.05) is 11.3 Å². The zero-order valence-electron chi connectivity index (χ0n) is 24.2. The highest BCUT2D eigenvalue weighted by molar-refractivity contribution is 7.26. The third-order valence-corrected chi connectivity index (χ3v) is 10.4. The minimum atomic E-state index is 0.897. The van der Waals surface area contributed by atoms with Crippen LogP contribution in [0.1, 0.15) is 0 Å². The Kier molecular flexibility index (Phi) is 5.19. The fourth-order valence-electron chi connectivity index (χ4n) is 7.07. The summed E-state index contributed by atoms with van der Waals surface area (Å²) in [5, 5.41) is 12.3. The summed E-state index contributed by atoms with van der Waals surface area (Å²) in [4.78, 5) is 2.39. The van der Waals surface area contributed by atoms with Crippen LogP contribution < -0.4 is 4.90 Å². The van der Waals surface area contributed by atoms with Crippen LogP contribution in [0.25, 0.3) is 74.4 Å². The fraction of sp³-hybridized carbons (Fsp3) is 0. The maximum absolute atomic E-state index is 6.38. The lowest BCUT2D eigenvalue weighted by Crippen LogP contribution is -2.09. The summed E-state index contributed by atoms with van der Waals surface area (Å²) in [6.45, 7) is 0. The third kappa shape index (κ3) is 3.75. The average molecular weight is 592 g/mol. The van der Waals surface area contributed by atoms with Crippen LogP contribution in [0.4, 0.5) is 17.1 Å². The third-order valence-electron chi connectivity index (χ3n) is 9.20. The van der Waals surface area contributed by atoms with Gasteiger partial charge in [-0.3, -0.25) is 0 Å². The Bertz CT molecular complexity index is 2790. The van der Waals surface area contributed by atoms with Gasteiger partial charge in [0.05, 0.1) is 0 Å². The summed E-state index contributed by atoms with van der Waals surface area (Å²) in [7, 11) is 0. The lowest BCUT2D eigenvalue weighted by molar-refractivity contribution is 0.669. The van der Waals surface area contributed by atoms with Crippen molar-refractivity contribution in [3.63, 3.8) is 0 Å². The van der Waals surface area contributed by atoms with Gasteiger partial charge in [-0.25, -0.2) is 0 Å². The highest BCUT2D eigenvalue weighted by atomic mass is 32.1. The zero-order valence-corrected chi connectivity index (χ0v) is 25.0. The van der Waals surface area contributed by atoms with E-state index in [1.54, 1.807) is 0 Å². The van der Waals surface area contributed by atoms with Gasteiger partial charge in [0, 0.05) is 53.4 Å². The molecule has 0 saturated carbocycles. The van der Waals surface area contributed by atoms with Crippen LogP contribution in [-0.2, 0) is 0 Å². The van der Waals surface area contributed by atoms with Crippen LogP contribution in [0.15, 0.2) is 156 Å². The minimum Gasteiger partial charge on any atom is -0.456 e. The predicted molar refractivity (Wildman–Crippen MR) is 194 cm³/mol. The molecule has 0 fully saturated rings. The van der Waals surface area contributed by atoms with Gasteiger partial charge in [0.1, 0.15) is 11.2 Å². The Hall–Kier alpha value is -5.64. The zero-order chi connectivity index (χ0) is 29.5. The molecule has 0 atom stereocenters. The van der Waals surface area contributed by atoms with Crippen molar-refractivity contribution in [3.8, 4) is 0 Å². The van der Waals surface area contributed by atoms with Crippen molar-refractivity contribution in [3.05, 3.63) is 152 Å². The number of furan rings is 1. The summed E-state index contributed by atoms with van der Waals surface area (Å²) in [6, 6.07) is 54.9. The van der Waals surface area contributed by atoms with E-state index in [0.29, 0.717) is 0 Å². The molecule has 2 heterocycles. The Morgan fingerprint density at radius 3 is 1.89 bits per heavy atom. The van der Waals surface area contributed by atoms with Crippen molar-refractivity contribution in [2.24, 2.45) is 0 Å². The molecule has 0 bridgehead atoms. The van der Waals surface area contributed by atoms with Crippen molar-refractivity contribution >= 4 is 103 Å². The topological polar surface area (TPSA) is 16.4 Å². The Morgan fingerprint density at radius 2 is 1.00 bits per heavy atom. The SMILES string of the molecule is c1ccc2cc(N(c3ccc4ccc5c6ccccc6sc5c4c3)c3ccc4oc5ccc6ccccc6c5c4c3)ccc2c1. The molecule has 210 valence electrons. The summed E-state index contributed by atoms with van der Waals surface area (Å²) in [5.74, 6) is 0. The first-order chi connectivity index (χ1) is 22.3. The van der Waals surface area contributed by atoms with Crippen LogP contribution in [-0.4, -0.2) is 0 Å². The molecule has 0 radical (unpaired) electrons. The number of benzene rings is 8. The van der Waals surface area contributed by atoms with Gasteiger partial charge in [-0.2, -0.15) is 0 Å². The number of hydrogen-bond donors (Lipinski definition) is 0. The minimum absolute atomic E-state index is 0.897. The predicted octanol–water partition coefficient (Wildman–Crippen LogP) is 12.9. The molecule has 0 saturated heterocycles. The van der Waals surface area contributed by atoms with E-state index < -0.39 is 0 Å². The van der Waals surface area contributed by atoms with E-state index in [9.17, 15) is 0 Å². The van der Waals surface area contributed by atoms with Gasteiger partial charge in [0.25, 0.3) is 0 Å². The maximum Gasteiger partial charge on any atom is 0.136 e. The number of rotatable bonds is 3. The Labute approximate surface area is 263 Å². The van der Waals surface area contributed by atoms with Crippen LogP contribution in [0.3, 0.4) is 0 Å². The van der Waals surface area contributed by atoms with Crippen molar-refractivity contribution in [1.29, 1.82) is 0 Å². The standard InChI is InChI=1S/C42H25NOS/c1-2-9-29-23-30(17-13-26(29)7-1)43(31-18-14-28-15-20-35-34-11-5-6-12-40(34)45-42(35)36(28)24-31)32-19-22-38-37(25-32)41-33-10-4-3-8-27(33)16-21-39(41)44-38/h1-25H. The molecule has 0 amide bonds. The molecule has 10 rings (SSSR count). The molecule has 3 heteroatoms. The molecule has 2 nitrogen and oxygen atoms in total. The first-order valence-electron chi connectivity index (χ1n) is 15.3. The maximum atomic E-state index is 6.38. The van der Waals surface area contributed by atoms with Crippen LogP contribution >= 0.6 is 11.3 Å². The molecule has 0 aliphatic heterocycles. The van der Waals surface area contributed by atoms with Crippen LogP contribution in [0.2, 0.25) is 0 Å². The smallest absolute Gasteiger partial charge is 0.136 e. The summed E-state index contributed by atoms with van der Waals surface area (Å²) < 4.78 is 9.03. The van der Waals surface area contributed by atoms with Crippen molar-refractivity contribution in [2.75, 3.05) is 4.90 Å². The van der Waals surface area contributed by atoms with E-state index in [4.69, 9.17) is 4.42 Å². The van der Waals surface area contributed by atoms with Gasteiger partial charge in [0.15, 0.2) is 0 Å². The molecule has 0 aliphatic rings. The Morgan fingerprint density at radius 1 is 0.400 bits per heavy atom. The van der Waals surface area contributed by atoms with E-state index >= 15 is 0 Å².